The summed E-state index contributed by atoms with van der Waals surface area (Å²) in [4.78, 5) is 28.5. The number of fused-ring (bicyclic) bond motifs is 10. The summed E-state index contributed by atoms with van der Waals surface area (Å²) < 4.78 is 0. The van der Waals surface area contributed by atoms with Gasteiger partial charge in [-0.05, 0) is 34.7 Å². The van der Waals surface area contributed by atoms with Crippen LogP contribution in [0.3, 0.4) is 0 Å². The number of amides is 2. The molecule has 2 aliphatic heterocycles. The fourth-order valence-corrected chi connectivity index (χ4v) is 5.62. The van der Waals surface area contributed by atoms with E-state index in [1.165, 1.54) is 0 Å². The van der Waals surface area contributed by atoms with Gasteiger partial charge >= 0.3 is 0 Å². The zero-order chi connectivity index (χ0) is 20.7. The molecular formula is C25H18N4O2. The third kappa shape index (κ3) is 2.09. The molecule has 0 saturated carbocycles. The lowest BCUT2D eigenvalue weighted by Crippen LogP contribution is -2.28. The fourth-order valence-electron chi connectivity index (χ4n) is 5.62. The maximum atomic E-state index is 13.1. The molecule has 0 saturated heterocycles. The van der Waals surface area contributed by atoms with Crippen molar-refractivity contribution in [3.63, 3.8) is 0 Å². The Kier molecular flexibility index (Phi) is 3.16. The third-order valence-electron chi connectivity index (χ3n) is 6.85. The van der Waals surface area contributed by atoms with Crippen molar-refractivity contribution in [1.82, 2.24) is 15.7 Å². The molecule has 7 rings (SSSR count). The van der Waals surface area contributed by atoms with E-state index in [1.54, 1.807) is 0 Å². The highest BCUT2D eigenvalue weighted by Gasteiger charge is 2.41. The number of nitrogens with zero attached hydrogens (tertiary/aromatic N) is 1. The van der Waals surface area contributed by atoms with Crippen LogP contribution in [-0.4, -0.2) is 22.5 Å². The molecule has 6 heteroatoms. The number of aromatic amines is 1. The topological polar surface area (TPSA) is 86.3 Å². The van der Waals surface area contributed by atoms with Crippen molar-refractivity contribution in [1.29, 1.82) is 0 Å². The van der Waals surface area contributed by atoms with Gasteiger partial charge in [0, 0.05) is 34.8 Å². The first-order valence-electron chi connectivity index (χ1n) is 10.5. The Morgan fingerprint density at radius 2 is 1.77 bits per heavy atom. The Labute approximate surface area is 177 Å². The SMILES string of the molecule is O=C1CCC(C2c3ccccc3-c3c4c(c5c([nH]c6ccccc65)c32)CNC4=O)=NN1. The van der Waals surface area contributed by atoms with Crippen LogP contribution in [0.25, 0.3) is 32.9 Å². The van der Waals surface area contributed by atoms with Crippen molar-refractivity contribution in [2.75, 3.05) is 0 Å². The number of benzene rings is 3. The van der Waals surface area contributed by atoms with Gasteiger partial charge in [0.25, 0.3) is 5.91 Å². The summed E-state index contributed by atoms with van der Waals surface area (Å²) in [7, 11) is 0. The minimum Gasteiger partial charge on any atom is -0.354 e. The number of aromatic nitrogens is 1. The molecule has 0 bridgehead atoms. The lowest BCUT2D eigenvalue weighted by atomic mass is 9.86. The van der Waals surface area contributed by atoms with Gasteiger partial charge in [-0.25, -0.2) is 5.43 Å². The first-order valence-corrected chi connectivity index (χ1v) is 10.5. The second-order valence-corrected chi connectivity index (χ2v) is 8.40. The number of nitrogens with one attached hydrogen (secondary N) is 3. The van der Waals surface area contributed by atoms with Crippen LogP contribution < -0.4 is 10.7 Å². The van der Waals surface area contributed by atoms with Crippen LogP contribution in [0.5, 0.6) is 0 Å². The number of hydrazone groups is 1. The molecule has 1 aliphatic carbocycles. The number of H-pyrrole nitrogens is 1. The lowest BCUT2D eigenvalue weighted by molar-refractivity contribution is -0.121. The maximum Gasteiger partial charge on any atom is 0.252 e. The Hall–Kier alpha value is -3.93. The van der Waals surface area contributed by atoms with Crippen LogP contribution in [0.4, 0.5) is 0 Å². The molecule has 3 aromatic carbocycles. The molecule has 0 radical (unpaired) electrons. The minimum absolute atomic E-state index is 0.0206. The van der Waals surface area contributed by atoms with Gasteiger partial charge in [0.2, 0.25) is 5.91 Å². The third-order valence-corrected chi connectivity index (χ3v) is 6.85. The van der Waals surface area contributed by atoms with E-state index in [1.807, 2.05) is 24.3 Å². The number of rotatable bonds is 1. The molecule has 1 unspecified atom stereocenters. The van der Waals surface area contributed by atoms with E-state index in [4.69, 9.17) is 0 Å². The summed E-state index contributed by atoms with van der Waals surface area (Å²) in [6.07, 6.45) is 1.03. The summed E-state index contributed by atoms with van der Waals surface area (Å²) >= 11 is 0. The van der Waals surface area contributed by atoms with Crippen molar-refractivity contribution < 1.29 is 9.59 Å². The lowest BCUT2D eigenvalue weighted by Gasteiger charge is -2.21. The van der Waals surface area contributed by atoms with Gasteiger partial charge in [-0.15, -0.1) is 0 Å². The van der Waals surface area contributed by atoms with Crippen LogP contribution in [-0.2, 0) is 11.3 Å². The van der Waals surface area contributed by atoms with E-state index in [0.717, 1.165) is 60.9 Å². The van der Waals surface area contributed by atoms with E-state index < -0.39 is 0 Å². The van der Waals surface area contributed by atoms with Crippen molar-refractivity contribution >= 4 is 39.3 Å². The summed E-state index contributed by atoms with van der Waals surface area (Å²) in [5.74, 6) is -0.173. The highest BCUT2D eigenvalue weighted by atomic mass is 16.2. The van der Waals surface area contributed by atoms with Gasteiger partial charge in [0.1, 0.15) is 0 Å². The van der Waals surface area contributed by atoms with Crippen LogP contribution in [0.1, 0.15) is 45.8 Å². The van der Waals surface area contributed by atoms with Crippen molar-refractivity contribution in [3.8, 4) is 11.1 Å². The smallest absolute Gasteiger partial charge is 0.252 e. The molecule has 4 aromatic rings. The Morgan fingerprint density at radius 1 is 0.935 bits per heavy atom. The van der Waals surface area contributed by atoms with Gasteiger partial charge in [-0.3, -0.25) is 9.59 Å². The fraction of sp³-hybridized carbons (Fsp3) is 0.160. The number of carbonyl (C=O) groups is 2. The quantitative estimate of drug-likeness (QED) is 0.447. The van der Waals surface area contributed by atoms with Crippen molar-refractivity contribution in [2.24, 2.45) is 5.10 Å². The molecule has 1 aromatic heterocycles. The molecule has 1 atom stereocenters. The molecule has 31 heavy (non-hydrogen) atoms. The zero-order valence-corrected chi connectivity index (χ0v) is 16.6. The van der Waals surface area contributed by atoms with E-state index in [0.29, 0.717) is 19.4 Å². The Morgan fingerprint density at radius 3 is 2.65 bits per heavy atom. The molecule has 6 nitrogen and oxygen atoms in total. The maximum absolute atomic E-state index is 13.1. The number of para-hydroxylation sites is 1. The summed E-state index contributed by atoms with van der Waals surface area (Å²) in [6, 6.07) is 16.5. The second-order valence-electron chi connectivity index (χ2n) is 8.40. The number of hydrogen-bond donors (Lipinski definition) is 3. The van der Waals surface area contributed by atoms with Gasteiger partial charge in [-0.2, -0.15) is 5.10 Å². The first-order chi connectivity index (χ1) is 15.2. The first kappa shape index (κ1) is 16.8. The van der Waals surface area contributed by atoms with Gasteiger partial charge in [0.15, 0.2) is 0 Å². The van der Waals surface area contributed by atoms with Crippen LogP contribution in [0.15, 0.2) is 53.6 Å². The van der Waals surface area contributed by atoms with E-state index in [2.05, 4.69) is 45.1 Å². The Bertz CT molecular complexity index is 1510. The van der Waals surface area contributed by atoms with E-state index in [9.17, 15) is 9.59 Å². The summed E-state index contributed by atoms with van der Waals surface area (Å²) in [5, 5.41) is 9.76. The zero-order valence-electron chi connectivity index (χ0n) is 16.6. The van der Waals surface area contributed by atoms with E-state index >= 15 is 0 Å². The predicted octanol–water partition coefficient (Wildman–Crippen LogP) is 3.94. The summed E-state index contributed by atoms with van der Waals surface area (Å²) in [5.41, 5.74) is 11.9. The molecule has 150 valence electrons. The molecule has 2 amide bonds. The largest absolute Gasteiger partial charge is 0.354 e. The monoisotopic (exact) mass is 406 g/mol. The second kappa shape index (κ2) is 5.82. The van der Waals surface area contributed by atoms with Crippen LogP contribution in [0.2, 0.25) is 0 Å². The molecular weight excluding hydrogens is 388 g/mol. The summed E-state index contributed by atoms with van der Waals surface area (Å²) in [6.45, 7) is 0.531. The molecule has 3 aliphatic rings. The highest BCUT2D eigenvalue weighted by Crippen LogP contribution is 2.53. The van der Waals surface area contributed by atoms with Gasteiger partial charge in [0.05, 0.1) is 22.7 Å². The van der Waals surface area contributed by atoms with Crippen molar-refractivity contribution in [2.45, 2.75) is 25.3 Å². The minimum atomic E-state index is -0.0962. The predicted molar refractivity (Wildman–Crippen MR) is 119 cm³/mol. The van der Waals surface area contributed by atoms with Gasteiger partial charge in [-0.1, -0.05) is 42.5 Å². The standard InChI is InChI=1S/C25H18N4O2/c30-18-10-9-17(28-29-18)20-12-5-1-2-6-13(12)21-22-15(11-26-25(22)31)19-14-7-3-4-8-16(14)27-24(19)23(20)21/h1-8,20,27H,9-11H2,(H,26,31)(H,29,30). The normalized spacial score (nSPS) is 19.1. The highest BCUT2D eigenvalue weighted by molar-refractivity contribution is 6.22. The number of carbonyl (C=O) groups excluding carboxylic acids is 2. The average molecular weight is 406 g/mol. The molecule has 3 heterocycles. The average Bonchev–Trinajstić information content (AvgIpc) is 3.46. The molecule has 0 fully saturated rings. The van der Waals surface area contributed by atoms with Crippen LogP contribution in [0, 0.1) is 0 Å². The van der Waals surface area contributed by atoms with Crippen molar-refractivity contribution in [3.05, 3.63) is 70.8 Å². The van der Waals surface area contributed by atoms with Crippen LogP contribution >= 0.6 is 0 Å². The molecule has 3 N–H and O–H groups in total. The van der Waals surface area contributed by atoms with E-state index in [-0.39, 0.29) is 17.7 Å². The number of hydrogen-bond acceptors (Lipinski definition) is 3. The van der Waals surface area contributed by atoms with Gasteiger partial charge < -0.3 is 10.3 Å². The molecule has 0 spiro atoms. The Balaban J connectivity index is 1.66.